The quantitative estimate of drug-likeness (QED) is 0.358. The number of fused-ring (bicyclic) bond motifs is 2. The van der Waals surface area contributed by atoms with Gasteiger partial charge in [-0.25, -0.2) is 4.39 Å². The van der Waals surface area contributed by atoms with Gasteiger partial charge in [0.15, 0.2) is 11.5 Å². The number of aromatic nitrogens is 1. The number of anilines is 1. The predicted octanol–water partition coefficient (Wildman–Crippen LogP) is 3.40. The summed E-state index contributed by atoms with van der Waals surface area (Å²) in [5.74, 6) is -3.36. The molecule has 1 fully saturated rings. The summed E-state index contributed by atoms with van der Waals surface area (Å²) in [4.78, 5) is 13.7. The molecule has 1 aliphatic heterocycles. The molecule has 0 bridgehead atoms. The molecule has 1 atom stereocenters. The third-order valence-electron chi connectivity index (χ3n) is 6.31. The Hall–Kier alpha value is -3.28. The molecule has 198 valence electrons. The Morgan fingerprint density at radius 2 is 1.92 bits per heavy atom. The minimum absolute atomic E-state index is 0.0961. The van der Waals surface area contributed by atoms with Crippen LogP contribution in [0.25, 0.3) is 10.9 Å². The minimum atomic E-state index is -4.02. The number of carbonyl (C=O) groups is 1. The number of ether oxygens (including phenoxy) is 2. The zero-order valence-corrected chi connectivity index (χ0v) is 19.6. The van der Waals surface area contributed by atoms with Crippen molar-refractivity contribution in [2.75, 3.05) is 18.5 Å². The maximum absolute atomic E-state index is 15.5. The van der Waals surface area contributed by atoms with Crippen LogP contribution in [0.15, 0.2) is 36.4 Å². The van der Waals surface area contributed by atoms with Crippen molar-refractivity contribution >= 4 is 22.5 Å². The molecule has 4 N–H and O–H groups in total. The fraction of sp³-hybridized carbons (Fsp3) is 0.423. The molecule has 11 heteroatoms. The number of aliphatic hydroxyl groups is 3. The Kier molecular flexibility index (Phi) is 4.41. The number of hydrogen-bond donors (Lipinski definition) is 4. The number of benzene rings is 2. The first kappa shape index (κ1) is 18.9. The maximum Gasteiger partial charge on any atom is 0.586 e. The second-order valence-electron chi connectivity index (χ2n) is 9.39. The average Bonchev–Trinajstić information content (AvgIpc) is 3.17. The van der Waals surface area contributed by atoms with Crippen LogP contribution in [0.2, 0.25) is 0 Å². The molecule has 1 amide bonds. The van der Waals surface area contributed by atoms with Crippen molar-refractivity contribution in [1.29, 1.82) is 0 Å². The molecule has 2 heterocycles. The standard InChI is InChI=1S/C26H27F3N2O6/c1-24(2,13-33)22-8-14-7-18(17(27)10-19(14)31(22)11-16(34)12-32)30-23(35)25(5-6-25)15-3-4-20-21(9-15)37-26(28,29)36-20/h3-4,7-10,16,32-34H,5-6,11-13H2,1-2H3,(H,30,35)/t16-/m1/s1/i5D2,6D2,13D2. The van der Waals surface area contributed by atoms with E-state index >= 15 is 4.39 Å². The zero-order chi connectivity index (χ0) is 32.1. The molecule has 0 saturated heterocycles. The minimum Gasteiger partial charge on any atom is -0.395 e. The lowest BCUT2D eigenvalue weighted by Gasteiger charge is -2.25. The third kappa shape index (κ3) is 4.41. The topological polar surface area (TPSA) is 113 Å². The van der Waals surface area contributed by atoms with Gasteiger partial charge in [-0.05, 0) is 42.6 Å². The fourth-order valence-corrected chi connectivity index (χ4v) is 4.27. The van der Waals surface area contributed by atoms with Crippen LogP contribution in [0.3, 0.4) is 0 Å². The van der Waals surface area contributed by atoms with E-state index in [4.69, 9.17) is 8.22 Å². The second-order valence-corrected chi connectivity index (χ2v) is 9.39. The van der Waals surface area contributed by atoms with Crippen LogP contribution in [0, 0.1) is 5.82 Å². The van der Waals surface area contributed by atoms with E-state index in [2.05, 4.69) is 14.8 Å². The first-order valence-electron chi connectivity index (χ1n) is 14.2. The van der Waals surface area contributed by atoms with Crippen LogP contribution in [0.5, 0.6) is 11.5 Å². The number of amides is 1. The van der Waals surface area contributed by atoms with Crippen molar-refractivity contribution in [2.45, 2.75) is 56.4 Å². The van der Waals surface area contributed by atoms with Crippen LogP contribution in [-0.2, 0) is 22.2 Å². The summed E-state index contributed by atoms with van der Waals surface area (Å²) in [7, 11) is 0. The van der Waals surface area contributed by atoms with Gasteiger partial charge in [-0.3, -0.25) is 4.79 Å². The van der Waals surface area contributed by atoms with E-state index in [9.17, 15) is 28.9 Å². The second kappa shape index (κ2) is 8.64. The number of rotatable bonds is 8. The summed E-state index contributed by atoms with van der Waals surface area (Å²) in [5.41, 5.74) is -4.91. The van der Waals surface area contributed by atoms with E-state index in [1.165, 1.54) is 24.5 Å². The maximum atomic E-state index is 15.5. The molecular formula is C26H27F3N2O6. The predicted molar refractivity (Wildman–Crippen MR) is 127 cm³/mol. The van der Waals surface area contributed by atoms with Gasteiger partial charge < -0.3 is 34.7 Å². The van der Waals surface area contributed by atoms with Crippen LogP contribution in [0.1, 0.15) is 46.1 Å². The molecule has 1 aromatic heterocycles. The van der Waals surface area contributed by atoms with Crippen molar-refractivity contribution in [3.05, 3.63) is 53.5 Å². The van der Waals surface area contributed by atoms with Crippen molar-refractivity contribution in [3.8, 4) is 11.5 Å². The number of nitrogens with zero attached hydrogens (tertiary/aromatic N) is 1. The van der Waals surface area contributed by atoms with Gasteiger partial charge in [0, 0.05) is 28.0 Å². The SMILES string of the molecule is [2H]C([2H])(O)C(C)(C)c1cc2cc(NC(=O)C3(c4ccc5c(c4)OC(F)(F)O5)C([2H])([2H])C3([2H])[2H])c(F)cc2n1C[C@@H](O)CO. The van der Waals surface area contributed by atoms with Gasteiger partial charge in [-0.2, -0.15) is 0 Å². The highest BCUT2D eigenvalue weighted by molar-refractivity contribution is 6.02. The molecule has 0 unspecified atom stereocenters. The van der Waals surface area contributed by atoms with Gasteiger partial charge in [-0.15, -0.1) is 8.78 Å². The highest BCUT2D eigenvalue weighted by Gasteiger charge is 2.53. The zero-order valence-electron chi connectivity index (χ0n) is 25.6. The smallest absolute Gasteiger partial charge is 0.395 e. The number of alkyl halides is 2. The summed E-state index contributed by atoms with van der Waals surface area (Å²) in [6, 6.07) is 6.32. The molecule has 37 heavy (non-hydrogen) atoms. The van der Waals surface area contributed by atoms with E-state index in [1.54, 1.807) is 0 Å². The monoisotopic (exact) mass is 526 g/mol. The molecule has 5 rings (SSSR count). The van der Waals surface area contributed by atoms with Crippen molar-refractivity contribution in [1.82, 2.24) is 4.57 Å². The number of halogens is 3. The Labute approximate surface area is 218 Å². The summed E-state index contributed by atoms with van der Waals surface area (Å²) >= 11 is 0. The Balaban J connectivity index is 1.59. The Morgan fingerprint density at radius 3 is 2.57 bits per heavy atom. The summed E-state index contributed by atoms with van der Waals surface area (Å²) in [6.07, 6.45) is -11.1. The van der Waals surface area contributed by atoms with Crippen molar-refractivity contribution in [3.63, 3.8) is 0 Å². The first-order chi connectivity index (χ1) is 19.6. The molecule has 1 aliphatic carbocycles. The van der Waals surface area contributed by atoms with E-state index in [-0.39, 0.29) is 28.7 Å². The molecule has 2 aromatic carbocycles. The molecule has 0 radical (unpaired) electrons. The van der Waals surface area contributed by atoms with E-state index in [0.717, 1.165) is 30.3 Å². The normalized spacial score (nSPS) is 23.7. The summed E-state index contributed by atoms with van der Waals surface area (Å²) < 4.78 is 102. The largest absolute Gasteiger partial charge is 0.586 e. The molecule has 2 aliphatic rings. The summed E-state index contributed by atoms with van der Waals surface area (Å²) in [6.45, 7) is -1.05. The fourth-order valence-electron chi connectivity index (χ4n) is 4.27. The average molecular weight is 527 g/mol. The highest BCUT2D eigenvalue weighted by atomic mass is 19.3. The number of aliphatic hydroxyl groups excluding tert-OH is 2. The Morgan fingerprint density at radius 1 is 1.22 bits per heavy atom. The van der Waals surface area contributed by atoms with E-state index < -0.39 is 78.1 Å². The molecule has 8 nitrogen and oxygen atoms in total. The van der Waals surface area contributed by atoms with Gasteiger partial charge in [0.2, 0.25) is 5.91 Å². The van der Waals surface area contributed by atoms with Crippen LogP contribution >= 0.6 is 0 Å². The van der Waals surface area contributed by atoms with E-state index in [0.29, 0.717) is 0 Å². The molecule has 0 spiro atoms. The highest BCUT2D eigenvalue weighted by Crippen LogP contribution is 2.52. The van der Waals surface area contributed by atoms with Gasteiger partial charge in [0.1, 0.15) is 5.82 Å². The summed E-state index contributed by atoms with van der Waals surface area (Å²) in [5, 5.41) is 32.1. The third-order valence-corrected chi connectivity index (χ3v) is 6.31. The first-order valence-corrected chi connectivity index (χ1v) is 11.2. The van der Waals surface area contributed by atoms with Gasteiger partial charge in [0.25, 0.3) is 0 Å². The van der Waals surface area contributed by atoms with Crippen LogP contribution in [-0.4, -0.2) is 51.4 Å². The number of nitrogens with one attached hydrogen (secondary N) is 1. The lowest BCUT2D eigenvalue weighted by atomic mass is 9.90. The van der Waals surface area contributed by atoms with Gasteiger partial charge >= 0.3 is 6.29 Å². The molecular weight excluding hydrogens is 493 g/mol. The number of carbonyl (C=O) groups excluding carboxylic acids is 1. The van der Waals surface area contributed by atoms with Gasteiger partial charge in [0.05, 0.1) is 45.2 Å². The van der Waals surface area contributed by atoms with E-state index in [1.807, 2.05) is 0 Å². The number of hydrogen-bond acceptors (Lipinski definition) is 6. The Bertz CT molecular complexity index is 1630. The lowest BCUT2D eigenvalue weighted by Crippen LogP contribution is -2.29. The molecule has 3 aromatic rings. The van der Waals surface area contributed by atoms with Crippen LogP contribution in [0.4, 0.5) is 18.9 Å². The van der Waals surface area contributed by atoms with Crippen molar-refractivity contribution < 1.29 is 51.0 Å². The van der Waals surface area contributed by atoms with Crippen LogP contribution < -0.4 is 14.8 Å². The lowest BCUT2D eigenvalue weighted by molar-refractivity contribution is -0.286. The molecule has 1 saturated carbocycles. The van der Waals surface area contributed by atoms with Crippen molar-refractivity contribution in [2.24, 2.45) is 0 Å². The van der Waals surface area contributed by atoms with Gasteiger partial charge in [-0.1, -0.05) is 19.9 Å².